The fraction of sp³-hybridized carbons (Fsp3) is 0.200. The third-order valence-electron chi connectivity index (χ3n) is 2.76. The highest BCUT2D eigenvalue weighted by Gasteiger charge is 2.18. The van der Waals surface area contributed by atoms with Crippen molar-refractivity contribution >= 4 is 17.6 Å². The van der Waals surface area contributed by atoms with Gasteiger partial charge in [-0.3, -0.25) is 0 Å². The first-order valence-electron chi connectivity index (χ1n) is 6.24. The maximum absolute atomic E-state index is 13.7. The summed E-state index contributed by atoms with van der Waals surface area (Å²) in [6.45, 7) is 1.97. The lowest BCUT2D eigenvalue weighted by molar-refractivity contribution is -0.136. The molecular weight excluding hydrogens is 259 g/mol. The third kappa shape index (κ3) is 2.93. The Kier molecular flexibility index (Phi) is 4.30. The first-order chi connectivity index (χ1) is 9.63. The van der Waals surface area contributed by atoms with Crippen LogP contribution in [-0.4, -0.2) is 22.1 Å². The van der Waals surface area contributed by atoms with Crippen LogP contribution in [0.1, 0.15) is 18.3 Å². The number of rotatable bonds is 4. The first kappa shape index (κ1) is 14.0. The molecule has 0 fully saturated rings. The molecule has 104 valence electrons. The Morgan fingerprint density at radius 2 is 2.20 bits per heavy atom. The Balaban J connectivity index is 2.50. The fourth-order valence-corrected chi connectivity index (χ4v) is 1.80. The van der Waals surface area contributed by atoms with Gasteiger partial charge >= 0.3 is 5.97 Å². The zero-order valence-corrected chi connectivity index (χ0v) is 11.3. The van der Waals surface area contributed by atoms with Crippen LogP contribution in [0.25, 0.3) is 11.6 Å². The minimum absolute atomic E-state index is 0.226. The van der Waals surface area contributed by atoms with E-state index in [-0.39, 0.29) is 12.2 Å². The van der Waals surface area contributed by atoms with Crippen LogP contribution in [0.3, 0.4) is 0 Å². The molecule has 0 atom stereocenters. The molecule has 5 heteroatoms. The second kappa shape index (κ2) is 6.14. The van der Waals surface area contributed by atoms with Gasteiger partial charge in [-0.05, 0) is 19.1 Å². The minimum atomic E-state index is -0.523. The maximum atomic E-state index is 13.7. The number of carbonyl (C=O) groups is 1. The Morgan fingerprint density at radius 1 is 1.45 bits per heavy atom. The van der Waals surface area contributed by atoms with Crippen molar-refractivity contribution in [2.75, 3.05) is 6.61 Å². The van der Waals surface area contributed by atoms with Crippen LogP contribution in [0.4, 0.5) is 4.39 Å². The van der Waals surface area contributed by atoms with Gasteiger partial charge in [-0.15, -0.1) is 0 Å². The van der Waals surface area contributed by atoms with Gasteiger partial charge in [0.2, 0.25) is 0 Å². The number of esters is 1. The molecule has 0 aliphatic carbocycles. The van der Waals surface area contributed by atoms with E-state index in [4.69, 9.17) is 4.74 Å². The first-order valence-corrected chi connectivity index (χ1v) is 6.24. The van der Waals surface area contributed by atoms with Gasteiger partial charge in [0, 0.05) is 25.0 Å². The third-order valence-corrected chi connectivity index (χ3v) is 2.76. The van der Waals surface area contributed by atoms with Crippen molar-refractivity contribution < 1.29 is 13.9 Å². The zero-order valence-electron chi connectivity index (χ0n) is 11.3. The molecule has 0 aliphatic heterocycles. The minimum Gasteiger partial charge on any atom is -0.462 e. The quantitative estimate of drug-likeness (QED) is 0.636. The van der Waals surface area contributed by atoms with Crippen LogP contribution < -0.4 is 0 Å². The van der Waals surface area contributed by atoms with Crippen molar-refractivity contribution in [3.63, 3.8) is 0 Å². The van der Waals surface area contributed by atoms with Crippen molar-refractivity contribution in [2.24, 2.45) is 7.05 Å². The van der Waals surface area contributed by atoms with Gasteiger partial charge in [-0.25, -0.2) is 14.2 Å². The molecule has 0 aliphatic rings. The molecule has 0 radical (unpaired) electrons. The Morgan fingerprint density at radius 3 is 2.80 bits per heavy atom. The van der Waals surface area contributed by atoms with Crippen LogP contribution in [0, 0.1) is 5.82 Å². The highest BCUT2D eigenvalue weighted by Crippen LogP contribution is 2.19. The summed E-state index contributed by atoms with van der Waals surface area (Å²) in [5, 5.41) is 0. The molecule has 2 rings (SSSR count). The number of benzene rings is 1. The van der Waals surface area contributed by atoms with Gasteiger partial charge in [0.15, 0.2) is 0 Å². The summed E-state index contributed by atoms with van der Waals surface area (Å²) < 4.78 is 20.4. The monoisotopic (exact) mass is 274 g/mol. The summed E-state index contributed by atoms with van der Waals surface area (Å²) in [5.74, 6) is -0.486. The Labute approximate surface area is 116 Å². The van der Waals surface area contributed by atoms with Gasteiger partial charge in [-0.2, -0.15) is 0 Å². The summed E-state index contributed by atoms with van der Waals surface area (Å²) >= 11 is 0. The van der Waals surface area contributed by atoms with Gasteiger partial charge in [0.05, 0.1) is 6.61 Å². The van der Waals surface area contributed by atoms with Crippen LogP contribution in [0.5, 0.6) is 0 Å². The molecule has 0 saturated carbocycles. The number of hydrogen-bond acceptors (Lipinski definition) is 3. The molecule has 0 unspecified atom stereocenters. The number of halogens is 1. The number of aryl methyl sites for hydroxylation is 1. The summed E-state index contributed by atoms with van der Waals surface area (Å²) in [6.07, 6.45) is 4.74. The number of aromatic nitrogens is 2. The van der Waals surface area contributed by atoms with Gasteiger partial charge in [0.1, 0.15) is 17.2 Å². The number of nitrogens with zero attached hydrogens (tertiary/aromatic N) is 2. The average molecular weight is 274 g/mol. The molecule has 0 saturated heterocycles. The molecule has 1 heterocycles. The average Bonchev–Trinajstić information content (AvgIpc) is 2.84. The van der Waals surface area contributed by atoms with E-state index in [9.17, 15) is 9.18 Å². The van der Waals surface area contributed by atoms with E-state index in [0.717, 1.165) is 0 Å². The normalized spacial score (nSPS) is 11.4. The van der Waals surface area contributed by atoms with E-state index in [1.165, 1.54) is 12.1 Å². The van der Waals surface area contributed by atoms with Crippen molar-refractivity contribution in [1.82, 2.24) is 9.55 Å². The molecule has 0 spiro atoms. The van der Waals surface area contributed by atoms with Crippen molar-refractivity contribution in [3.8, 4) is 0 Å². The molecular formula is C15H15FN2O2. The van der Waals surface area contributed by atoms with Crippen molar-refractivity contribution in [2.45, 2.75) is 6.92 Å². The van der Waals surface area contributed by atoms with E-state index < -0.39 is 11.8 Å². The molecule has 2 aromatic rings. The molecule has 0 amide bonds. The summed E-state index contributed by atoms with van der Waals surface area (Å²) in [4.78, 5) is 16.2. The number of ether oxygens (including phenoxy) is 1. The predicted octanol–water partition coefficient (Wildman–Crippen LogP) is 2.66. The Bertz CT molecular complexity index is 647. The van der Waals surface area contributed by atoms with Crippen LogP contribution in [-0.2, 0) is 16.6 Å². The molecule has 0 bridgehead atoms. The SMILES string of the molecule is CCOC(=O)/C(=C\c1ccccc1F)c1nccn1C. The van der Waals surface area contributed by atoms with Crippen LogP contribution in [0.15, 0.2) is 36.7 Å². The topological polar surface area (TPSA) is 44.1 Å². The lowest BCUT2D eigenvalue weighted by Crippen LogP contribution is -2.10. The second-order valence-electron chi connectivity index (χ2n) is 4.16. The van der Waals surface area contributed by atoms with E-state index in [0.29, 0.717) is 11.4 Å². The highest BCUT2D eigenvalue weighted by atomic mass is 19.1. The number of carbonyl (C=O) groups excluding carboxylic acids is 1. The van der Waals surface area contributed by atoms with Crippen molar-refractivity contribution in [1.29, 1.82) is 0 Å². The van der Waals surface area contributed by atoms with E-state index in [1.807, 2.05) is 0 Å². The van der Waals surface area contributed by atoms with E-state index >= 15 is 0 Å². The maximum Gasteiger partial charge on any atom is 0.341 e. The fourth-order valence-electron chi connectivity index (χ4n) is 1.80. The Hall–Kier alpha value is -2.43. The summed E-state index contributed by atoms with van der Waals surface area (Å²) in [5.41, 5.74) is 0.544. The molecule has 1 aromatic heterocycles. The number of hydrogen-bond donors (Lipinski definition) is 0. The molecule has 1 aromatic carbocycles. The van der Waals surface area contributed by atoms with E-state index in [2.05, 4.69) is 4.98 Å². The molecule has 4 nitrogen and oxygen atoms in total. The lowest BCUT2D eigenvalue weighted by Gasteiger charge is -2.07. The van der Waals surface area contributed by atoms with Gasteiger partial charge in [0.25, 0.3) is 0 Å². The second-order valence-corrected chi connectivity index (χ2v) is 4.16. The highest BCUT2D eigenvalue weighted by molar-refractivity contribution is 6.20. The van der Waals surface area contributed by atoms with Gasteiger partial charge < -0.3 is 9.30 Å². The zero-order chi connectivity index (χ0) is 14.5. The van der Waals surface area contributed by atoms with Gasteiger partial charge in [-0.1, -0.05) is 18.2 Å². The van der Waals surface area contributed by atoms with Crippen molar-refractivity contribution in [3.05, 3.63) is 53.9 Å². The smallest absolute Gasteiger partial charge is 0.341 e. The van der Waals surface area contributed by atoms with E-state index in [1.54, 1.807) is 49.1 Å². The van der Waals surface area contributed by atoms with Crippen LogP contribution >= 0.6 is 0 Å². The molecule has 20 heavy (non-hydrogen) atoms. The lowest BCUT2D eigenvalue weighted by atomic mass is 10.1. The number of imidazole rings is 1. The standard InChI is InChI=1S/C15H15FN2O2/c1-3-20-15(19)12(14-17-8-9-18(14)2)10-11-6-4-5-7-13(11)16/h4-10H,3H2,1-2H3/b12-10-. The largest absolute Gasteiger partial charge is 0.462 e. The summed E-state index contributed by atoms with van der Waals surface area (Å²) in [7, 11) is 1.76. The summed E-state index contributed by atoms with van der Waals surface area (Å²) in [6, 6.07) is 6.23. The van der Waals surface area contributed by atoms with Crippen LogP contribution in [0.2, 0.25) is 0 Å². The molecule has 0 N–H and O–H groups in total. The predicted molar refractivity (Wildman–Crippen MR) is 74.1 cm³/mol.